The van der Waals surface area contributed by atoms with Crippen LogP contribution in [0.1, 0.15) is 265 Å². The summed E-state index contributed by atoms with van der Waals surface area (Å²) in [6, 6.07) is 0. The topological polar surface area (TPSA) is 78.9 Å². The van der Waals surface area contributed by atoms with Crippen molar-refractivity contribution < 1.29 is 28.6 Å². The second-order valence-corrected chi connectivity index (χ2v) is 18.5. The number of rotatable bonds is 50. The molecule has 0 aromatic heterocycles. The van der Waals surface area contributed by atoms with Crippen LogP contribution >= 0.6 is 0 Å². The van der Waals surface area contributed by atoms with Gasteiger partial charge in [-0.3, -0.25) is 14.4 Å². The lowest BCUT2D eigenvalue weighted by atomic mass is 10.0. The Hall–Kier alpha value is -3.41. The Kier molecular flexibility index (Phi) is 52.4. The number of carbonyl (C=O) groups is 3. The number of carbonyl (C=O) groups excluding carboxylic acids is 3. The third-order valence-corrected chi connectivity index (χ3v) is 11.9. The van der Waals surface area contributed by atoms with E-state index in [-0.39, 0.29) is 37.5 Å². The van der Waals surface area contributed by atoms with Crippen molar-refractivity contribution in [2.24, 2.45) is 0 Å². The van der Waals surface area contributed by atoms with Gasteiger partial charge in [0.15, 0.2) is 6.10 Å². The summed E-state index contributed by atoms with van der Waals surface area (Å²) in [7, 11) is 0. The Labute approximate surface area is 414 Å². The van der Waals surface area contributed by atoms with Crippen LogP contribution in [-0.2, 0) is 28.6 Å². The SMILES string of the molecule is CC/C=C\C/C=C\C/C=C\C/C=C\CCCCCCC(=O)OC[C@H](COC(=O)CCC/C=C\C/C=C\C/C=C\CCCCCCCC)OC(=O)CCCCCCCCCCCCCCCCC. The Bertz CT molecular complexity index is 1300. The lowest BCUT2D eigenvalue weighted by molar-refractivity contribution is -0.167. The highest BCUT2D eigenvalue weighted by Crippen LogP contribution is 2.15. The first-order chi connectivity index (χ1) is 33.0. The van der Waals surface area contributed by atoms with E-state index in [1.807, 2.05) is 0 Å². The summed E-state index contributed by atoms with van der Waals surface area (Å²) in [5.74, 6) is -0.972. The zero-order valence-corrected chi connectivity index (χ0v) is 43.9. The molecule has 0 rings (SSSR count). The van der Waals surface area contributed by atoms with Crippen molar-refractivity contribution in [3.63, 3.8) is 0 Å². The molecule has 0 amide bonds. The lowest BCUT2D eigenvalue weighted by Gasteiger charge is -2.18. The third kappa shape index (κ3) is 53.4. The maximum atomic E-state index is 12.8. The molecule has 0 N–H and O–H groups in total. The van der Waals surface area contributed by atoms with Crippen molar-refractivity contribution in [2.75, 3.05) is 13.2 Å². The summed E-state index contributed by atoms with van der Waals surface area (Å²) in [5, 5.41) is 0. The van der Waals surface area contributed by atoms with Crippen LogP contribution in [-0.4, -0.2) is 37.2 Å². The molecule has 0 spiro atoms. The highest BCUT2D eigenvalue weighted by Gasteiger charge is 2.19. The van der Waals surface area contributed by atoms with Crippen molar-refractivity contribution in [1.82, 2.24) is 0 Å². The van der Waals surface area contributed by atoms with Gasteiger partial charge in [-0.05, 0) is 89.9 Å². The van der Waals surface area contributed by atoms with Gasteiger partial charge in [0.05, 0.1) is 0 Å². The molecule has 67 heavy (non-hydrogen) atoms. The molecule has 0 aromatic rings. The van der Waals surface area contributed by atoms with Gasteiger partial charge in [0.25, 0.3) is 0 Å². The molecule has 6 heteroatoms. The van der Waals surface area contributed by atoms with Crippen LogP contribution in [0.5, 0.6) is 0 Å². The zero-order chi connectivity index (χ0) is 48.6. The molecule has 0 aliphatic carbocycles. The Balaban J connectivity index is 4.49. The van der Waals surface area contributed by atoms with Gasteiger partial charge in [-0.1, -0.05) is 241 Å². The minimum atomic E-state index is -0.806. The molecule has 0 radical (unpaired) electrons. The van der Waals surface area contributed by atoms with Crippen LogP contribution in [0.2, 0.25) is 0 Å². The Morgan fingerprint density at radius 3 is 0.970 bits per heavy atom. The normalized spacial score (nSPS) is 12.7. The van der Waals surface area contributed by atoms with E-state index in [1.54, 1.807) is 0 Å². The largest absolute Gasteiger partial charge is 0.462 e. The van der Waals surface area contributed by atoms with Crippen LogP contribution in [0, 0.1) is 0 Å². The molecule has 0 fully saturated rings. The van der Waals surface area contributed by atoms with Crippen LogP contribution in [0.25, 0.3) is 0 Å². The quantitative estimate of drug-likeness (QED) is 0.0262. The average molecular weight is 933 g/mol. The predicted octanol–water partition coefficient (Wildman–Crippen LogP) is 18.8. The van der Waals surface area contributed by atoms with Gasteiger partial charge < -0.3 is 14.2 Å². The number of allylic oxidation sites excluding steroid dienone is 14. The summed E-state index contributed by atoms with van der Waals surface area (Å²) in [6.07, 6.45) is 71.5. The van der Waals surface area contributed by atoms with E-state index < -0.39 is 6.10 Å². The second-order valence-electron chi connectivity index (χ2n) is 18.5. The molecule has 384 valence electrons. The fourth-order valence-corrected chi connectivity index (χ4v) is 7.68. The first kappa shape index (κ1) is 63.6. The van der Waals surface area contributed by atoms with Crippen molar-refractivity contribution in [3.8, 4) is 0 Å². The van der Waals surface area contributed by atoms with Crippen LogP contribution < -0.4 is 0 Å². The number of unbranched alkanes of at least 4 members (excludes halogenated alkanes) is 25. The molecule has 6 nitrogen and oxygen atoms in total. The summed E-state index contributed by atoms with van der Waals surface area (Å²) >= 11 is 0. The molecular weight excluding hydrogens is 829 g/mol. The summed E-state index contributed by atoms with van der Waals surface area (Å²) in [5.41, 5.74) is 0. The van der Waals surface area contributed by atoms with Crippen molar-refractivity contribution in [2.45, 2.75) is 271 Å². The van der Waals surface area contributed by atoms with Gasteiger partial charge >= 0.3 is 17.9 Å². The van der Waals surface area contributed by atoms with Crippen LogP contribution in [0.15, 0.2) is 85.1 Å². The standard InChI is InChI=1S/C61H104O6/c1-4-7-10-13-16-19-22-25-28-30-33-35-38-41-44-47-50-53-59(62)65-56-58(67-61(64)55-52-49-46-43-40-37-32-27-24-21-18-15-12-9-6-3)57-66-60(63)54-51-48-45-42-39-36-34-31-29-26-23-20-17-14-11-8-5-2/h7,10,16,19,25-26,28-29,33-36,42,45,58H,4-6,8-9,11-15,17-18,20-24,27,30-32,37-41,43-44,46-57H2,1-3H3/b10-7-,19-16-,28-25-,29-26-,35-33-,36-34-,45-42-/t58-/m1/s1. The van der Waals surface area contributed by atoms with Gasteiger partial charge in [-0.25, -0.2) is 0 Å². The molecule has 1 atom stereocenters. The van der Waals surface area contributed by atoms with Crippen molar-refractivity contribution in [1.29, 1.82) is 0 Å². The van der Waals surface area contributed by atoms with E-state index in [2.05, 4.69) is 106 Å². The first-order valence-corrected chi connectivity index (χ1v) is 28.1. The summed E-state index contributed by atoms with van der Waals surface area (Å²) in [6.45, 7) is 6.47. The molecule has 0 heterocycles. The van der Waals surface area contributed by atoms with Gasteiger partial charge in [0.2, 0.25) is 0 Å². The summed E-state index contributed by atoms with van der Waals surface area (Å²) < 4.78 is 16.8. The zero-order valence-electron chi connectivity index (χ0n) is 43.9. The molecule has 0 aromatic carbocycles. The van der Waals surface area contributed by atoms with E-state index in [1.165, 1.54) is 122 Å². The number of hydrogen-bond acceptors (Lipinski definition) is 6. The molecule has 0 bridgehead atoms. The molecule has 0 saturated carbocycles. The number of hydrogen-bond donors (Lipinski definition) is 0. The minimum absolute atomic E-state index is 0.103. The molecule has 0 unspecified atom stereocenters. The van der Waals surface area contributed by atoms with Crippen LogP contribution in [0.4, 0.5) is 0 Å². The predicted molar refractivity (Wildman–Crippen MR) is 288 cm³/mol. The van der Waals surface area contributed by atoms with E-state index in [0.29, 0.717) is 19.3 Å². The Morgan fingerprint density at radius 2 is 0.597 bits per heavy atom. The molecule has 0 aliphatic rings. The summed E-state index contributed by atoms with van der Waals surface area (Å²) in [4.78, 5) is 38.1. The number of esters is 3. The lowest BCUT2D eigenvalue weighted by Crippen LogP contribution is -2.30. The van der Waals surface area contributed by atoms with Crippen molar-refractivity contribution >= 4 is 17.9 Å². The van der Waals surface area contributed by atoms with Gasteiger partial charge in [0.1, 0.15) is 13.2 Å². The smallest absolute Gasteiger partial charge is 0.306 e. The van der Waals surface area contributed by atoms with E-state index in [4.69, 9.17) is 14.2 Å². The maximum Gasteiger partial charge on any atom is 0.306 e. The highest BCUT2D eigenvalue weighted by atomic mass is 16.6. The molecule has 0 aliphatic heterocycles. The average Bonchev–Trinajstić information content (AvgIpc) is 3.33. The second kappa shape index (κ2) is 55.2. The highest BCUT2D eigenvalue weighted by molar-refractivity contribution is 5.71. The van der Waals surface area contributed by atoms with Crippen LogP contribution in [0.3, 0.4) is 0 Å². The number of ether oxygens (including phenoxy) is 3. The minimum Gasteiger partial charge on any atom is -0.462 e. The van der Waals surface area contributed by atoms with Gasteiger partial charge in [-0.2, -0.15) is 0 Å². The Morgan fingerprint density at radius 1 is 0.313 bits per heavy atom. The fourth-order valence-electron chi connectivity index (χ4n) is 7.68. The van der Waals surface area contributed by atoms with Gasteiger partial charge in [-0.15, -0.1) is 0 Å². The van der Waals surface area contributed by atoms with E-state index in [0.717, 1.165) is 96.3 Å². The van der Waals surface area contributed by atoms with E-state index in [9.17, 15) is 14.4 Å². The maximum absolute atomic E-state index is 12.8. The van der Waals surface area contributed by atoms with E-state index >= 15 is 0 Å². The van der Waals surface area contributed by atoms with Gasteiger partial charge in [0, 0.05) is 19.3 Å². The fraction of sp³-hybridized carbons (Fsp3) is 0.721. The first-order valence-electron chi connectivity index (χ1n) is 28.1. The monoisotopic (exact) mass is 933 g/mol. The van der Waals surface area contributed by atoms with Crippen molar-refractivity contribution in [3.05, 3.63) is 85.1 Å². The molecule has 0 saturated heterocycles. The third-order valence-electron chi connectivity index (χ3n) is 11.9. The molecular formula is C61H104O6.